The lowest BCUT2D eigenvalue weighted by Crippen LogP contribution is -2.42. The maximum atomic E-state index is 11.2. The summed E-state index contributed by atoms with van der Waals surface area (Å²) in [6, 6.07) is -0.212. The van der Waals surface area contributed by atoms with Gasteiger partial charge in [0.1, 0.15) is 0 Å². The van der Waals surface area contributed by atoms with Crippen molar-refractivity contribution in [2.24, 2.45) is 0 Å². The van der Waals surface area contributed by atoms with E-state index < -0.39 is 22.7 Å². The number of aliphatic hydroxyl groups is 2. The van der Waals surface area contributed by atoms with Gasteiger partial charge in [-0.2, -0.15) is 4.31 Å². The lowest BCUT2D eigenvalue weighted by atomic mass is 10.3. The van der Waals surface area contributed by atoms with Crippen LogP contribution in [-0.2, 0) is 10.0 Å². The second kappa shape index (κ2) is 4.90. The predicted octanol–water partition coefficient (Wildman–Crippen LogP) is -0.990. The molecule has 0 aromatic carbocycles. The predicted molar refractivity (Wildman–Crippen MR) is 49.8 cm³/mol. The van der Waals surface area contributed by atoms with Gasteiger partial charge in [0.25, 0.3) is 0 Å². The first kappa shape index (κ1) is 12.8. The molecule has 0 rings (SSSR count). The molecule has 0 aliphatic heterocycles. The molecule has 0 bridgehead atoms. The highest BCUT2D eigenvalue weighted by atomic mass is 32.2. The first-order valence-electron chi connectivity index (χ1n) is 4.04. The van der Waals surface area contributed by atoms with E-state index in [1.54, 1.807) is 13.8 Å². The molecule has 0 saturated carbocycles. The van der Waals surface area contributed by atoms with Gasteiger partial charge in [0.05, 0.1) is 19.0 Å². The van der Waals surface area contributed by atoms with Crippen molar-refractivity contribution >= 4 is 10.0 Å². The molecule has 5 nitrogen and oxygen atoms in total. The van der Waals surface area contributed by atoms with Crippen LogP contribution >= 0.6 is 0 Å². The van der Waals surface area contributed by atoms with Crippen LogP contribution in [0, 0.1) is 0 Å². The molecule has 0 radical (unpaired) electrons. The van der Waals surface area contributed by atoms with E-state index in [2.05, 4.69) is 0 Å². The molecule has 6 heteroatoms. The summed E-state index contributed by atoms with van der Waals surface area (Å²) >= 11 is 0. The number of hydrogen-bond acceptors (Lipinski definition) is 4. The van der Waals surface area contributed by atoms with Gasteiger partial charge in [-0.05, 0) is 13.8 Å². The van der Waals surface area contributed by atoms with Crippen molar-refractivity contribution in [1.82, 2.24) is 4.31 Å². The molecule has 0 fully saturated rings. The van der Waals surface area contributed by atoms with Crippen LogP contribution in [0.3, 0.4) is 0 Å². The van der Waals surface area contributed by atoms with Crippen molar-refractivity contribution in [1.29, 1.82) is 0 Å². The summed E-state index contributed by atoms with van der Waals surface area (Å²) in [6.45, 7) is 2.93. The molecule has 1 unspecified atom stereocenters. The molecule has 1 atom stereocenters. The average Bonchev–Trinajstić information content (AvgIpc) is 1.96. The van der Waals surface area contributed by atoms with E-state index in [1.165, 1.54) is 0 Å². The van der Waals surface area contributed by atoms with Crippen LogP contribution in [0.1, 0.15) is 13.8 Å². The smallest absolute Gasteiger partial charge is 0.211 e. The third-order valence-electron chi connectivity index (χ3n) is 1.60. The van der Waals surface area contributed by atoms with Crippen molar-refractivity contribution in [3.63, 3.8) is 0 Å². The number of rotatable bonds is 5. The number of sulfonamides is 1. The fourth-order valence-electron chi connectivity index (χ4n) is 0.995. The standard InChI is InChI=1S/C7H17NO4S/c1-6(2)8(13(3,11)12)4-7(10)5-9/h6-7,9-10H,4-5H2,1-3H3. The summed E-state index contributed by atoms with van der Waals surface area (Å²) in [7, 11) is -3.31. The van der Waals surface area contributed by atoms with Gasteiger partial charge in [0, 0.05) is 12.6 Å². The molecule has 0 aromatic heterocycles. The number of aliphatic hydroxyl groups excluding tert-OH is 2. The molecule has 0 spiro atoms. The molecule has 0 saturated heterocycles. The third-order valence-corrected chi connectivity index (χ3v) is 3.03. The Kier molecular flexibility index (Phi) is 4.83. The first-order valence-corrected chi connectivity index (χ1v) is 5.89. The highest BCUT2D eigenvalue weighted by molar-refractivity contribution is 7.88. The van der Waals surface area contributed by atoms with Gasteiger partial charge >= 0.3 is 0 Å². The quantitative estimate of drug-likeness (QED) is 0.612. The van der Waals surface area contributed by atoms with Crippen LogP contribution < -0.4 is 0 Å². The minimum absolute atomic E-state index is 0.0625. The summed E-state index contributed by atoms with van der Waals surface area (Å²) in [5, 5.41) is 17.6. The van der Waals surface area contributed by atoms with Crippen LogP contribution in [0.15, 0.2) is 0 Å². The van der Waals surface area contributed by atoms with Crippen LogP contribution in [0.2, 0.25) is 0 Å². The zero-order valence-electron chi connectivity index (χ0n) is 8.14. The Morgan fingerprint density at radius 1 is 1.38 bits per heavy atom. The number of nitrogens with zero attached hydrogens (tertiary/aromatic N) is 1. The van der Waals surface area contributed by atoms with Crippen molar-refractivity contribution in [3.8, 4) is 0 Å². The highest BCUT2D eigenvalue weighted by Crippen LogP contribution is 2.05. The maximum absolute atomic E-state index is 11.2. The van der Waals surface area contributed by atoms with E-state index >= 15 is 0 Å². The summed E-state index contributed by atoms with van der Waals surface area (Å²) < 4.78 is 23.5. The molecule has 2 N–H and O–H groups in total. The Morgan fingerprint density at radius 2 is 1.85 bits per heavy atom. The van der Waals surface area contributed by atoms with Crippen molar-refractivity contribution in [2.75, 3.05) is 19.4 Å². The summed E-state index contributed by atoms with van der Waals surface area (Å²) in [5.41, 5.74) is 0. The van der Waals surface area contributed by atoms with Crippen molar-refractivity contribution in [3.05, 3.63) is 0 Å². The van der Waals surface area contributed by atoms with Gasteiger partial charge in [0.2, 0.25) is 10.0 Å². The van der Waals surface area contributed by atoms with Gasteiger partial charge in [0.15, 0.2) is 0 Å². The Morgan fingerprint density at radius 3 is 2.08 bits per heavy atom. The zero-order chi connectivity index (χ0) is 10.6. The Balaban J connectivity index is 4.47. The topological polar surface area (TPSA) is 77.8 Å². The second-order valence-corrected chi connectivity index (χ2v) is 5.20. The largest absolute Gasteiger partial charge is 0.394 e. The second-order valence-electron chi connectivity index (χ2n) is 3.26. The van der Waals surface area contributed by atoms with Crippen molar-refractivity contribution < 1.29 is 18.6 Å². The maximum Gasteiger partial charge on any atom is 0.211 e. The number of hydrogen-bond donors (Lipinski definition) is 2. The fraction of sp³-hybridized carbons (Fsp3) is 1.00. The summed E-state index contributed by atoms with van der Waals surface area (Å²) in [4.78, 5) is 0. The fourth-order valence-corrected chi connectivity index (χ4v) is 2.20. The third kappa shape index (κ3) is 4.56. The van der Waals surface area contributed by atoms with Crippen LogP contribution in [0.4, 0.5) is 0 Å². The first-order chi connectivity index (χ1) is 5.79. The summed E-state index contributed by atoms with van der Waals surface area (Å²) in [5.74, 6) is 0. The lowest BCUT2D eigenvalue weighted by molar-refractivity contribution is 0.0740. The molecule has 0 heterocycles. The van der Waals surface area contributed by atoms with E-state index in [1.807, 2.05) is 0 Å². The molecule has 80 valence electrons. The minimum Gasteiger partial charge on any atom is -0.394 e. The van der Waals surface area contributed by atoms with E-state index in [-0.39, 0.29) is 12.6 Å². The van der Waals surface area contributed by atoms with Crippen molar-refractivity contribution in [2.45, 2.75) is 26.0 Å². The van der Waals surface area contributed by atoms with Gasteiger partial charge in [-0.1, -0.05) is 0 Å². The zero-order valence-corrected chi connectivity index (χ0v) is 8.95. The van der Waals surface area contributed by atoms with Crippen LogP contribution in [0.25, 0.3) is 0 Å². The van der Waals surface area contributed by atoms with E-state index in [9.17, 15) is 8.42 Å². The van der Waals surface area contributed by atoms with Gasteiger partial charge < -0.3 is 10.2 Å². The molecule has 0 aromatic rings. The van der Waals surface area contributed by atoms with Crippen LogP contribution in [-0.4, -0.2) is 54.5 Å². The van der Waals surface area contributed by atoms with E-state index in [0.717, 1.165) is 10.6 Å². The van der Waals surface area contributed by atoms with Gasteiger partial charge in [-0.25, -0.2) is 8.42 Å². The molecular formula is C7H17NO4S. The lowest BCUT2D eigenvalue weighted by Gasteiger charge is -2.25. The Bertz CT molecular complexity index is 237. The van der Waals surface area contributed by atoms with Gasteiger partial charge in [-0.3, -0.25) is 0 Å². The molecule has 0 amide bonds. The molecule has 0 aliphatic carbocycles. The normalized spacial score (nSPS) is 15.3. The monoisotopic (exact) mass is 211 g/mol. The SMILES string of the molecule is CC(C)N(CC(O)CO)S(C)(=O)=O. The van der Waals surface area contributed by atoms with E-state index in [0.29, 0.717) is 0 Å². The summed E-state index contributed by atoms with van der Waals surface area (Å²) in [6.07, 6.45) is 0.0639. The van der Waals surface area contributed by atoms with Gasteiger partial charge in [-0.15, -0.1) is 0 Å². The average molecular weight is 211 g/mol. The molecular weight excluding hydrogens is 194 g/mol. The van der Waals surface area contributed by atoms with Crippen LogP contribution in [0.5, 0.6) is 0 Å². The minimum atomic E-state index is -3.31. The van der Waals surface area contributed by atoms with E-state index in [4.69, 9.17) is 10.2 Å². The highest BCUT2D eigenvalue weighted by Gasteiger charge is 2.22. The molecule has 13 heavy (non-hydrogen) atoms. The Labute approximate surface area is 79.0 Å². The molecule has 0 aliphatic rings. The Hall–Kier alpha value is -0.170.